The molecule has 1 amide bonds. The highest BCUT2D eigenvalue weighted by atomic mass is 16.5. The van der Waals surface area contributed by atoms with Gasteiger partial charge in [0.05, 0.1) is 35.4 Å². The number of nitrogens with zero attached hydrogens (tertiary/aromatic N) is 6. The highest BCUT2D eigenvalue weighted by Crippen LogP contribution is 2.29. The van der Waals surface area contributed by atoms with Crippen molar-refractivity contribution >= 4 is 34.0 Å². The molecular weight excluding hydrogens is 558 g/mol. The number of carbonyl (C=O) groups is 1. The summed E-state index contributed by atoms with van der Waals surface area (Å²) < 4.78 is 8.39. The van der Waals surface area contributed by atoms with Crippen LogP contribution in [0.15, 0.2) is 82.9 Å². The van der Waals surface area contributed by atoms with Crippen molar-refractivity contribution in [3.8, 4) is 16.8 Å². The van der Waals surface area contributed by atoms with Crippen LogP contribution in [0.3, 0.4) is 0 Å². The molecule has 1 N–H and O–H groups in total. The van der Waals surface area contributed by atoms with E-state index in [1.54, 1.807) is 53.3 Å². The van der Waals surface area contributed by atoms with Crippen molar-refractivity contribution in [2.45, 2.75) is 6.92 Å². The zero-order valence-corrected chi connectivity index (χ0v) is 25.1. The number of morpholine rings is 1. The smallest absolute Gasteiger partial charge is 0.274 e. The SMILES string of the molecule is Cc1c(-c2cc(Nc3ccc(C(=O)N4CCOCC4)cn3)c(=O)n(C)c2)cccc1-n1cnc2cc(N(C)C)ccc2c1=O. The Morgan fingerprint density at radius 1 is 0.977 bits per heavy atom. The number of fused-ring (bicyclic) bond motifs is 1. The fourth-order valence-corrected chi connectivity index (χ4v) is 5.39. The molecule has 0 bridgehead atoms. The second-order valence-corrected chi connectivity index (χ2v) is 11.0. The van der Waals surface area contributed by atoms with Gasteiger partial charge >= 0.3 is 0 Å². The van der Waals surface area contributed by atoms with Crippen molar-refractivity contribution in [3.05, 3.63) is 105 Å². The summed E-state index contributed by atoms with van der Waals surface area (Å²) in [6.07, 6.45) is 4.84. The molecule has 1 aliphatic rings. The van der Waals surface area contributed by atoms with E-state index in [1.165, 1.54) is 10.8 Å². The summed E-state index contributed by atoms with van der Waals surface area (Å²) in [6, 6.07) is 16.5. The standard InChI is InChI=1S/C33H33N7O4/c1-21-25(6-5-7-29(21)40-20-35-27-17-24(37(2)3)9-10-26(27)32(40)42)23-16-28(33(43)38(4)19-23)36-30-11-8-22(18-34-30)31(41)39-12-14-44-15-13-39/h5-11,16-20H,12-15H2,1-4H3,(H,34,36). The van der Waals surface area contributed by atoms with Crippen molar-refractivity contribution in [2.24, 2.45) is 7.05 Å². The third-order valence-corrected chi connectivity index (χ3v) is 7.89. The zero-order valence-electron chi connectivity index (χ0n) is 25.1. The Morgan fingerprint density at radius 2 is 1.77 bits per heavy atom. The molecule has 0 unspecified atom stereocenters. The van der Waals surface area contributed by atoms with Crippen LogP contribution in [0, 0.1) is 6.92 Å². The molecule has 0 aliphatic carbocycles. The van der Waals surface area contributed by atoms with Gasteiger partial charge in [-0.3, -0.25) is 19.0 Å². The molecule has 4 heterocycles. The van der Waals surface area contributed by atoms with Gasteiger partial charge in [0, 0.05) is 57.9 Å². The summed E-state index contributed by atoms with van der Waals surface area (Å²) in [6.45, 7) is 4.08. The van der Waals surface area contributed by atoms with Crippen molar-refractivity contribution in [3.63, 3.8) is 0 Å². The van der Waals surface area contributed by atoms with Crippen LogP contribution in [0.4, 0.5) is 17.2 Å². The van der Waals surface area contributed by atoms with Gasteiger partial charge < -0.3 is 24.4 Å². The number of hydrogen-bond acceptors (Lipinski definition) is 8. The van der Waals surface area contributed by atoms with E-state index in [9.17, 15) is 14.4 Å². The third-order valence-electron chi connectivity index (χ3n) is 7.89. The Labute approximate surface area is 254 Å². The second kappa shape index (κ2) is 11.8. The lowest BCUT2D eigenvalue weighted by Gasteiger charge is -2.26. The number of nitrogens with one attached hydrogen (secondary N) is 1. The predicted molar refractivity (Wildman–Crippen MR) is 171 cm³/mol. The quantitative estimate of drug-likeness (QED) is 0.318. The number of hydrogen-bond donors (Lipinski definition) is 1. The maximum absolute atomic E-state index is 13.5. The number of carbonyl (C=O) groups excluding carboxylic acids is 1. The molecule has 6 rings (SSSR count). The van der Waals surface area contributed by atoms with E-state index in [4.69, 9.17) is 4.74 Å². The maximum atomic E-state index is 13.5. The number of benzene rings is 2. The Balaban J connectivity index is 1.31. The molecule has 0 atom stereocenters. The number of pyridine rings is 2. The van der Waals surface area contributed by atoms with Gasteiger partial charge in [-0.05, 0) is 60.5 Å². The highest BCUT2D eigenvalue weighted by Gasteiger charge is 2.19. The summed E-state index contributed by atoms with van der Waals surface area (Å²) in [5, 5.41) is 3.65. The van der Waals surface area contributed by atoms with Crippen LogP contribution >= 0.6 is 0 Å². The lowest BCUT2D eigenvalue weighted by molar-refractivity contribution is 0.0302. The monoisotopic (exact) mass is 591 g/mol. The Bertz CT molecular complexity index is 1990. The number of anilines is 3. The lowest BCUT2D eigenvalue weighted by atomic mass is 10.00. The molecule has 11 nitrogen and oxygen atoms in total. The van der Waals surface area contributed by atoms with Gasteiger partial charge in [-0.25, -0.2) is 9.97 Å². The van der Waals surface area contributed by atoms with Gasteiger partial charge in [0.1, 0.15) is 17.8 Å². The normalized spacial score (nSPS) is 13.2. The minimum atomic E-state index is -0.232. The summed E-state index contributed by atoms with van der Waals surface area (Å²) in [7, 11) is 5.58. The molecule has 0 radical (unpaired) electrons. The largest absolute Gasteiger partial charge is 0.378 e. The first kappa shape index (κ1) is 28.8. The number of amides is 1. The molecule has 2 aromatic carbocycles. The van der Waals surface area contributed by atoms with Gasteiger partial charge in [-0.15, -0.1) is 0 Å². The van der Waals surface area contributed by atoms with Gasteiger partial charge in [-0.1, -0.05) is 12.1 Å². The number of aromatic nitrogens is 4. The summed E-state index contributed by atoms with van der Waals surface area (Å²) >= 11 is 0. The average Bonchev–Trinajstić information content (AvgIpc) is 3.04. The molecule has 1 saturated heterocycles. The maximum Gasteiger partial charge on any atom is 0.274 e. The summed E-state index contributed by atoms with van der Waals surface area (Å²) in [5.74, 6) is 0.342. The Kier molecular flexibility index (Phi) is 7.71. The van der Waals surface area contributed by atoms with Gasteiger partial charge in [0.25, 0.3) is 17.0 Å². The first-order chi connectivity index (χ1) is 21.2. The minimum absolute atomic E-state index is 0.0975. The van der Waals surface area contributed by atoms with Crippen LogP contribution in [0.1, 0.15) is 15.9 Å². The van der Waals surface area contributed by atoms with E-state index in [0.717, 1.165) is 22.4 Å². The van der Waals surface area contributed by atoms with Crippen LogP contribution in [0.5, 0.6) is 0 Å². The van der Waals surface area contributed by atoms with Crippen LogP contribution in [0.2, 0.25) is 0 Å². The van der Waals surface area contributed by atoms with Crippen LogP contribution in [-0.2, 0) is 11.8 Å². The van der Waals surface area contributed by atoms with Crippen LogP contribution < -0.4 is 21.3 Å². The average molecular weight is 592 g/mol. The highest BCUT2D eigenvalue weighted by molar-refractivity contribution is 5.94. The van der Waals surface area contributed by atoms with Crippen LogP contribution in [0.25, 0.3) is 27.7 Å². The van der Waals surface area contributed by atoms with Crippen LogP contribution in [-0.4, -0.2) is 70.3 Å². The van der Waals surface area contributed by atoms with E-state index in [1.807, 2.05) is 56.3 Å². The molecule has 44 heavy (non-hydrogen) atoms. The number of ether oxygens (including phenoxy) is 1. The number of aryl methyl sites for hydroxylation is 1. The second-order valence-electron chi connectivity index (χ2n) is 11.0. The van der Waals surface area contributed by atoms with Crippen molar-refractivity contribution in [1.29, 1.82) is 0 Å². The molecule has 11 heteroatoms. The topological polar surface area (TPSA) is 115 Å². The molecular formula is C33H33N7O4. The lowest BCUT2D eigenvalue weighted by Crippen LogP contribution is -2.40. The molecule has 0 spiro atoms. The van der Waals surface area contributed by atoms with Gasteiger partial charge in [0.2, 0.25) is 0 Å². The van der Waals surface area contributed by atoms with Crippen molar-refractivity contribution < 1.29 is 9.53 Å². The Morgan fingerprint density at radius 3 is 2.50 bits per heavy atom. The van der Waals surface area contributed by atoms with Crippen molar-refractivity contribution in [2.75, 3.05) is 50.6 Å². The predicted octanol–water partition coefficient (Wildman–Crippen LogP) is 3.74. The fraction of sp³-hybridized carbons (Fsp3) is 0.242. The Hall–Kier alpha value is -5.29. The first-order valence-electron chi connectivity index (χ1n) is 14.3. The molecule has 1 aliphatic heterocycles. The van der Waals surface area contributed by atoms with Crippen molar-refractivity contribution in [1.82, 2.24) is 24.0 Å². The zero-order chi connectivity index (χ0) is 31.0. The molecule has 224 valence electrons. The summed E-state index contributed by atoms with van der Waals surface area (Å²) in [4.78, 5) is 52.1. The molecule has 5 aromatic rings. The molecule has 3 aromatic heterocycles. The molecule has 0 saturated carbocycles. The van der Waals surface area contributed by atoms with E-state index in [-0.39, 0.29) is 17.0 Å². The van der Waals surface area contributed by atoms with Gasteiger partial charge in [-0.2, -0.15) is 0 Å². The van der Waals surface area contributed by atoms with Gasteiger partial charge in [0.15, 0.2) is 0 Å². The molecule has 1 fully saturated rings. The third kappa shape index (κ3) is 5.45. The van der Waals surface area contributed by atoms with E-state index in [2.05, 4.69) is 15.3 Å². The summed E-state index contributed by atoms with van der Waals surface area (Å²) in [5.41, 5.74) is 5.20. The number of rotatable bonds is 6. The first-order valence-corrected chi connectivity index (χ1v) is 14.3. The fourth-order valence-electron chi connectivity index (χ4n) is 5.39. The van der Waals surface area contributed by atoms with E-state index < -0.39 is 0 Å². The minimum Gasteiger partial charge on any atom is -0.378 e. The van der Waals surface area contributed by atoms with E-state index >= 15 is 0 Å². The van der Waals surface area contributed by atoms with E-state index in [0.29, 0.717) is 60.0 Å².